The van der Waals surface area contributed by atoms with Crippen molar-refractivity contribution in [3.8, 4) is 5.75 Å². The van der Waals surface area contributed by atoms with Crippen molar-refractivity contribution in [1.82, 2.24) is 0 Å². The standard InChI is InChI=1S/C15H16ClNOS/c1-18-13-6-2-11(3-7-13)15(17)10-19-14-8-4-12(16)5-9-14/h2-9,15H,10,17H2,1H3. The molecule has 0 aliphatic rings. The third-order valence-electron chi connectivity index (χ3n) is 2.79. The molecule has 0 radical (unpaired) electrons. The van der Waals surface area contributed by atoms with Crippen molar-refractivity contribution in [2.45, 2.75) is 10.9 Å². The molecule has 0 aliphatic heterocycles. The van der Waals surface area contributed by atoms with Gasteiger partial charge in [-0.3, -0.25) is 0 Å². The molecule has 2 rings (SSSR count). The van der Waals surface area contributed by atoms with Crippen molar-refractivity contribution < 1.29 is 4.74 Å². The zero-order valence-corrected chi connectivity index (χ0v) is 12.2. The number of methoxy groups -OCH3 is 1. The lowest BCUT2D eigenvalue weighted by atomic mass is 10.1. The van der Waals surface area contributed by atoms with Crippen LogP contribution in [0.15, 0.2) is 53.4 Å². The Morgan fingerprint density at radius 2 is 1.74 bits per heavy atom. The van der Waals surface area contributed by atoms with Gasteiger partial charge in [-0.2, -0.15) is 0 Å². The van der Waals surface area contributed by atoms with E-state index in [4.69, 9.17) is 22.1 Å². The van der Waals surface area contributed by atoms with E-state index >= 15 is 0 Å². The second-order valence-corrected chi connectivity index (χ2v) is 5.67. The third-order valence-corrected chi connectivity index (χ3v) is 4.17. The minimum atomic E-state index is 0.00610. The molecule has 19 heavy (non-hydrogen) atoms. The number of nitrogens with two attached hydrogens (primary N) is 1. The molecule has 0 fully saturated rings. The van der Waals surface area contributed by atoms with E-state index in [0.29, 0.717) is 0 Å². The predicted octanol–water partition coefficient (Wildman–Crippen LogP) is 4.14. The smallest absolute Gasteiger partial charge is 0.118 e. The van der Waals surface area contributed by atoms with Gasteiger partial charge < -0.3 is 10.5 Å². The number of ether oxygens (including phenoxy) is 1. The number of benzene rings is 2. The zero-order chi connectivity index (χ0) is 13.7. The first-order valence-corrected chi connectivity index (χ1v) is 7.33. The highest BCUT2D eigenvalue weighted by Crippen LogP contribution is 2.25. The molecule has 0 bridgehead atoms. The third kappa shape index (κ3) is 4.16. The van der Waals surface area contributed by atoms with Gasteiger partial charge in [0, 0.05) is 21.7 Å². The van der Waals surface area contributed by atoms with Crippen LogP contribution >= 0.6 is 23.4 Å². The lowest BCUT2D eigenvalue weighted by molar-refractivity contribution is 0.414. The average Bonchev–Trinajstić information content (AvgIpc) is 2.46. The molecule has 0 heterocycles. The fraction of sp³-hybridized carbons (Fsp3) is 0.200. The van der Waals surface area contributed by atoms with Gasteiger partial charge in [0.2, 0.25) is 0 Å². The van der Waals surface area contributed by atoms with Crippen molar-refractivity contribution >= 4 is 23.4 Å². The highest BCUT2D eigenvalue weighted by molar-refractivity contribution is 7.99. The van der Waals surface area contributed by atoms with Gasteiger partial charge in [-0.05, 0) is 42.0 Å². The lowest BCUT2D eigenvalue weighted by Crippen LogP contribution is -2.12. The summed E-state index contributed by atoms with van der Waals surface area (Å²) in [5.41, 5.74) is 7.29. The molecule has 0 saturated heterocycles. The van der Waals surface area contributed by atoms with Crippen LogP contribution < -0.4 is 10.5 Å². The molecule has 2 N–H and O–H groups in total. The first kappa shape index (κ1) is 14.3. The van der Waals surface area contributed by atoms with Gasteiger partial charge in [0.15, 0.2) is 0 Å². The summed E-state index contributed by atoms with van der Waals surface area (Å²) in [6, 6.07) is 15.7. The van der Waals surface area contributed by atoms with E-state index in [0.717, 1.165) is 22.1 Å². The molecule has 1 atom stereocenters. The molecular weight excluding hydrogens is 278 g/mol. The molecule has 4 heteroatoms. The maximum absolute atomic E-state index is 6.18. The Hall–Kier alpha value is -1.16. The summed E-state index contributed by atoms with van der Waals surface area (Å²) >= 11 is 7.58. The second kappa shape index (κ2) is 6.85. The van der Waals surface area contributed by atoms with Crippen LogP contribution in [-0.2, 0) is 0 Å². The molecule has 2 aromatic rings. The Bertz CT molecular complexity index is 513. The van der Waals surface area contributed by atoms with E-state index in [2.05, 4.69) is 0 Å². The summed E-state index contributed by atoms with van der Waals surface area (Å²) in [5, 5.41) is 0.754. The minimum Gasteiger partial charge on any atom is -0.497 e. The SMILES string of the molecule is COc1ccc(C(N)CSc2ccc(Cl)cc2)cc1. The fourth-order valence-electron chi connectivity index (χ4n) is 1.66. The summed E-state index contributed by atoms with van der Waals surface area (Å²) in [6.07, 6.45) is 0. The zero-order valence-electron chi connectivity index (χ0n) is 10.7. The highest BCUT2D eigenvalue weighted by Gasteiger charge is 2.07. The molecule has 100 valence electrons. The average molecular weight is 294 g/mol. The summed E-state index contributed by atoms with van der Waals surface area (Å²) in [6.45, 7) is 0. The van der Waals surface area contributed by atoms with E-state index in [1.165, 1.54) is 4.90 Å². The van der Waals surface area contributed by atoms with Crippen LogP contribution in [0.1, 0.15) is 11.6 Å². The topological polar surface area (TPSA) is 35.2 Å². The first-order valence-electron chi connectivity index (χ1n) is 5.97. The van der Waals surface area contributed by atoms with Crippen LogP contribution in [0.5, 0.6) is 5.75 Å². The molecule has 2 nitrogen and oxygen atoms in total. The van der Waals surface area contributed by atoms with E-state index in [1.54, 1.807) is 18.9 Å². The molecule has 2 aromatic carbocycles. The first-order chi connectivity index (χ1) is 9.19. The van der Waals surface area contributed by atoms with Crippen LogP contribution in [-0.4, -0.2) is 12.9 Å². The number of halogens is 1. The fourth-order valence-corrected chi connectivity index (χ4v) is 2.68. The molecule has 0 spiro atoms. The summed E-state index contributed by atoms with van der Waals surface area (Å²) in [4.78, 5) is 1.17. The molecular formula is C15H16ClNOS. The molecule has 1 unspecified atom stereocenters. The summed E-state index contributed by atoms with van der Waals surface area (Å²) in [5.74, 6) is 1.68. The predicted molar refractivity (Wildman–Crippen MR) is 82.1 cm³/mol. The van der Waals surface area contributed by atoms with Crippen molar-refractivity contribution in [2.75, 3.05) is 12.9 Å². The van der Waals surface area contributed by atoms with Crippen molar-refractivity contribution in [1.29, 1.82) is 0 Å². The van der Waals surface area contributed by atoms with E-state index in [9.17, 15) is 0 Å². The lowest BCUT2D eigenvalue weighted by Gasteiger charge is -2.12. The van der Waals surface area contributed by atoms with Crippen LogP contribution in [0, 0.1) is 0 Å². The van der Waals surface area contributed by atoms with E-state index in [1.807, 2.05) is 48.5 Å². The number of thioether (sulfide) groups is 1. The second-order valence-electron chi connectivity index (χ2n) is 4.14. The van der Waals surface area contributed by atoms with Gasteiger partial charge in [-0.25, -0.2) is 0 Å². The molecule has 0 saturated carbocycles. The van der Waals surface area contributed by atoms with Gasteiger partial charge in [-0.1, -0.05) is 23.7 Å². The molecule has 0 aliphatic carbocycles. The summed E-state index contributed by atoms with van der Waals surface area (Å²) < 4.78 is 5.13. The maximum Gasteiger partial charge on any atom is 0.118 e. The number of hydrogen-bond donors (Lipinski definition) is 1. The van der Waals surface area contributed by atoms with Crippen molar-refractivity contribution in [2.24, 2.45) is 5.73 Å². The Balaban J connectivity index is 1.93. The van der Waals surface area contributed by atoms with E-state index < -0.39 is 0 Å². The van der Waals surface area contributed by atoms with Gasteiger partial charge in [0.05, 0.1) is 7.11 Å². The largest absolute Gasteiger partial charge is 0.497 e. The van der Waals surface area contributed by atoms with Gasteiger partial charge >= 0.3 is 0 Å². The Labute approximate surface area is 122 Å². The van der Waals surface area contributed by atoms with Crippen LogP contribution in [0.4, 0.5) is 0 Å². The van der Waals surface area contributed by atoms with Gasteiger partial charge in [0.1, 0.15) is 5.75 Å². The Kier molecular flexibility index (Phi) is 5.14. The van der Waals surface area contributed by atoms with Crippen LogP contribution in [0.25, 0.3) is 0 Å². The summed E-state index contributed by atoms with van der Waals surface area (Å²) in [7, 11) is 1.66. The quantitative estimate of drug-likeness (QED) is 0.842. The molecule has 0 amide bonds. The van der Waals surface area contributed by atoms with Crippen LogP contribution in [0.2, 0.25) is 5.02 Å². The molecule has 0 aromatic heterocycles. The van der Waals surface area contributed by atoms with Crippen molar-refractivity contribution in [3.05, 3.63) is 59.1 Å². The minimum absolute atomic E-state index is 0.00610. The van der Waals surface area contributed by atoms with E-state index in [-0.39, 0.29) is 6.04 Å². The van der Waals surface area contributed by atoms with Gasteiger partial charge in [0.25, 0.3) is 0 Å². The highest BCUT2D eigenvalue weighted by atomic mass is 35.5. The monoisotopic (exact) mass is 293 g/mol. The van der Waals surface area contributed by atoms with Gasteiger partial charge in [-0.15, -0.1) is 11.8 Å². The Morgan fingerprint density at radius 1 is 1.11 bits per heavy atom. The van der Waals surface area contributed by atoms with Crippen LogP contribution in [0.3, 0.4) is 0 Å². The Morgan fingerprint density at radius 3 is 2.32 bits per heavy atom. The number of hydrogen-bond acceptors (Lipinski definition) is 3. The number of rotatable bonds is 5. The normalized spacial score (nSPS) is 12.2. The maximum atomic E-state index is 6.18. The van der Waals surface area contributed by atoms with Crippen molar-refractivity contribution in [3.63, 3.8) is 0 Å².